The number of aliphatic hydroxyl groups excluding tert-OH is 1. The van der Waals surface area contributed by atoms with Gasteiger partial charge in [0.2, 0.25) is 0 Å². The summed E-state index contributed by atoms with van der Waals surface area (Å²) >= 11 is 0. The molecule has 0 aliphatic heterocycles. The van der Waals surface area contributed by atoms with Crippen molar-refractivity contribution in [2.24, 2.45) is 17.8 Å². The molecule has 0 aromatic heterocycles. The minimum Gasteiger partial charge on any atom is -0.497 e. The number of rotatable bonds is 15. The van der Waals surface area contributed by atoms with Crippen LogP contribution in [0.5, 0.6) is 5.75 Å². The number of hydrogen-bond donors (Lipinski definition) is 1. The van der Waals surface area contributed by atoms with Crippen molar-refractivity contribution in [2.75, 3.05) is 20.8 Å². The first-order chi connectivity index (χ1) is 15.8. The Balaban J connectivity index is 1.73. The third-order valence-electron chi connectivity index (χ3n) is 7.23. The Hall–Kier alpha value is -1.69. The highest BCUT2D eigenvalue weighted by atomic mass is 16.5. The smallest absolute Gasteiger partial charge is 0.138 e. The quantitative estimate of drug-likeness (QED) is 0.267. The summed E-state index contributed by atoms with van der Waals surface area (Å²) in [4.78, 5) is 12.7. The second-order valence-electron chi connectivity index (χ2n) is 9.65. The zero-order valence-electron chi connectivity index (χ0n) is 21.1. The molecule has 4 atom stereocenters. The van der Waals surface area contributed by atoms with E-state index in [4.69, 9.17) is 14.2 Å². The molecule has 1 N–H and O–H groups in total. The average Bonchev–Trinajstić information content (AvgIpc) is 2.85. The van der Waals surface area contributed by atoms with Gasteiger partial charge in [0, 0.05) is 32.0 Å². The van der Waals surface area contributed by atoms with Crippen LogP contribution in [0.2, 0.25) is 0 Å². The van der Waals surface area contributed by atoms with Crippen LogP contribution in [0.25, 0.3) is 0 Å². The third kappa shape index (κ3) is 9.23. The number of ether oxygens (including phenoxy) is 3. The lowest BCUT2D eigenvalue weighted by Gasteiger charge is -2.29. The van der Waals surface area contributed by atoms with Gasteiger partial charge in [-0.15, -0.1) is 0 Å². The van der Waals surface area contributed by atoms with E-state index in [0.717, 1.165) is 36.1 Å². The van der Waals surface area contributed by atoms with Crippen molar-refractivity contribution >= 4 is 5.78 Å². The molecule has 0 spiro atoms. The molecule has 0 amide bonds. The maximum Gasteiger partial charge on any atom is 0.138 e. The SMILES string of the molecule is C=C(C[C@@H](CCOCc1ccc(OC)cc1)OC)[C@@H](C)[C@H](O)[C@H](C)C(=O)CC1CCCCC1. The molecule has 1 aromatic carbocycles. The van der Waals surface area contributed by atoms with E-state index in [2.05, 4.69) is 6.58 Å². The number of aliphatic hydroxyl groups is 1. The number of methoxy groups -OCH3 is 2. The van der Waals surface area contributed by atoms with E-state index in [0.29, 0.717) is 32.0 Å². The molecule has 5 heteroatoms. The highest BCUT2D eigenvalue weighted by Crippen LogP contribution is 2.30. The molecular formula is C28H44O5. The minimum atomic E-state index is -0.711. The predicted octanol–water partition coefficient (Wildman–Crippen LogP) is 5.74. The van der Waals surface area contributed by atoms with Crippen LogP contribution in [0.4, 0.5) is 0 Å². The molecule has 1 fully saturated rings. The summed E-state index contributed by atoms with van der Waals surface area (Å²) < 4.78 is 16.6. The number of ketones is 1. The Bertz CT molecular complexity index is 708. The zero-order chi connectivity index (χ0) is 24.2. The van der Waals surface area contributed by atoms with Gasteiger partial charge in [-0.1, -0.05) is 70.2 Å². The molecule has 1 saturated carbocycles. The van der Waals surface area contributed by atoms with Gasteiger partial charge >= 0.3 is 0 Å². The van der Waals surface area contributed by atoms with E-state index in [1.54, 1.807) is 14.2 Å². The van der Waals surface area contributed by atoms with Crippen LogP contribution in [0.15, 0.2) is 36.4 Å². The fraction of sp³-hybridized carbons (Fsp3) is 0.679. The fourth-order valence-corrected chi connectivity index (χ4v) is 4.63. The standard InChI is InChI=1S/C28H44O5/c1-20(21(2)28(30)22(3)27(29)18-23-9-7-6-8-10-23)17-26(32-5)15-16-33-19-24-11-13-25(31-4)14-12-24/h11-14,21-23,26,28,30H,1,6-10,15-19H2,2-5H3/t21-,22-,26-,28+/m1/s1. The Morgan fingerprint density at radius 2 is 1.76 bits per heavy atom. The molecule has 0 bridgehead atoms. The van der Waals surface area contributed by atoms with Crippen molar-refractivity contribution in [1.82, 2.24) is 0 Å². The fourth-order valence-electron chi connectivity index (χ4n) is 4.63. The van der Waals surface area contributed by atoms with Gasteiger partial charge in [0.05, 0.1) is 25.9 Å². The molecule has 1 aliphatic carbocycles. The van der Waals surface area contributed by atoms with Gasteiger partial charge in [-0.3, -0.25) is 4.79 Å². The summed E-state index contributed by atoms with van der Waals surface area (Å²) in [5.74, 6) is 0.984. The Morgan fingerprint density at radius 1 is 1.09 bits per heavy atom. The van der Waals surface area contributed by atoms with Gasteiger partial charge in [-0.2, -0.15) is 0 Å². The number of benzene rings is 1. The van der Waals surface area contributed by atoms with Gasteiger partial charge in [0.15, 0.2) is 0 Å². The summed E-state index contributed by atoms with van der Waals surface area (Å²) in [6.07, 6.45) is 7.27. The topological polar surface area (TPSA) is 65.0 Å². The van der Waals surface area contributed by atoms with Crippen LogP contribution in [-0.2, 0) is 20.9 Å². The molecular weight excluding hydrogens is 416 g/mol. The lowest BCUT2D eigenvalue weighted by Crippen LogP contribution is -2.34. The van der Waals surface area contributed by atoms with E-state index in [9.17, 15) is 9.90 Å². The van der Waals surface area contributed by atoms with Crippen LogP contribution >= 0.6 is 0 Å². The number of carbonyl (C=O) groups excluding carboxylic acids is 1. The largest absolute Gasteiger partial charge is 0.497 e. The summed E-state index contributed by atoms with van der Waals surface area (Å²) in [6, 6.07) is 7.84. The van der Waals surface area contributed by atoms with Crippen molar-refractivity contribution < 1.29 is 24.1 Å². The summed E-state index contributed by atoms with van der Waals surface area (Å²) in [7, 11) is 3.35. The van der Waals surface area contributed by atoms with Crippen LogP contribution in [-0.4, -0.2) is 43.9 Å². The third-order valence-corrected chi connectivity index (χ3v) is 7.23. The van der Waals surface area contributed by atoms with Crippen LogP contribution in [0, 0.1) is 17.8 Å². The highest BCUT2D eigenvalue weighted by Gasteiger charge is 2.30. The Kier molecular flexibility index (Phi) is 12.1. The minimum absolute atomic E-state index is 0.0312. The molecule has 1 aromatic rings. The number of hydrogen-bond acceptors (Lipinski definition) is 5. The number of Topliss-reactive ketones (excluding diaryl/α,β-unsaturated/α-hetero) is 1. The van der Waals surface area contributed by atoms with Crippen molar-refractivity contribution in [3.05, 3.63) is 42.0 Å². The molecule has 0 heterocycles. The zero-order valence-corrected chi connectivity index (χ0v) is 21.1. The highest BCUT2D eigenvalue weighted by molar-refractivity contribution is 5.81. The maximum absolute atomic E-state index is 12.7. The average molecular weight is 461 g/mol. The van der Waals surface area contributed by atoms with Crippen molar-refractivity contribution in [1.29, 1.82) is 0 Å². The van der Waals surface area contributed by atoms with Crippen molar-refractivity contribution in [3.63, 3.8) is 0 Å². The lowest BCUT2D eigenvalue weighted by molar-refractivity contribution is -0.127. The molecule has 1 aliphatic rings. The maximum atomic E-state index is 12.7. The van der Waals surface area contributed by atoms with Gasteiger partial charge in [0.1, 0.15) is 11.5 Å². The monoisotopic (exact) mass is 460 g/mol. The second-order valence-corrected chi connectivity index (χ2v) is 9.65. The molecule has 5 nitrogen and oxygen atoms in total. The first-order valence-electron chi connectivity index (χ1n) is 12.5. The van der Waals surface area contributed by atoms with Crippen LogP contribution in [0.1, 0.15) is 70.8 Å². The Labute approximate surface area is 200 Å². The Morgan fingerprint density at radius 3 is 2.36 bits per heavy atom. The summed E-state index contributed by atoms with van der Waals surface area (Å²) in [5, 5.41) is 10.9. The van der Waals surface area contributed by atoms with E-state index in [1.807, 2.05) is 38.1 Å². The van der Waals surface area contributed by atoms with Gasteiger partial charge in [-0.25, -0.2) is 0 Å². The van der Waals surface area contributed by atoms with Gasteiger partial charge in [-0.05, 0) is 36.5 Å². The van der Waals surface area contributed by atoms with E-state index in [-0.39, 0.29) is 23.7 Å². The van der Waals surface area contributed by atoms with E-state index in [1.165, 1.54) is 19.3 Å². The predicted molar refractivity (Wildman–Crippen MR) is 132 cm³/mol. The number of carbonyl (C=O) groups is 1. The molecule has 0 saturated heterocycles. The van der Waals surface area contributed by atoms with Gasteiger partial charge < -0.3 is 19.3 Å². The molecule has 186 valence electrons. The second kappa shape index (κ2) is 14.5. The van der Waals surface area contributed by atoms with Crippen molar-refractivity contribution in [2.45, 2.75) is 84.0 Å². The molecule has 0 radical (unpaired) electrons. The molecule has 0 unspecified atom stereocenters. The first-order valence-corrected chi connectivity index (χ1v) is 12.5. The normalized spacial score (nSPS) is 18.3. The molecule has 33 heavy (non-hydrogen) atoms. The lowest BCUT2D eigenvalue weighted by atomic mass is 9.79. The van der Waals surface area contributed by atoms with E-state index < -0.39 is 6.10 Å². The van der Waals surface area contributed by atoms with E-state index >= 15 is 0 Å². The summed E-state index contributed by atoms with van der Waals surface area (Å²) in [5.41, 5.74) is 2.01. The van der Waals surface area contributed by atoms with Crippen LogP contribution < -0.4 is 4.74 Å². The van der Waals surface area contributed by atoms with Gasteiger partial charge in [0.25, 0.3) is 0 Å². The first kappa shape index (κ1) is 27.6. The van der Waals surface area contributed by atoms with Crippen LogP contribution in [0.3, 0.4) is 0 Å². The summed E-state index contributed by atoms with van der Waals surface area (Å²) in [6.45, 7) is 9.15. The molecule has 2 rings (SSSR count). The van der Waals surface area contributed by atoms with Crippen molar-refractivity contribution in [3.8, 4) is 5.75 Å².